The third-order valence-electron chi connectivity index (χ3n) is 5.32. The van der Waals surface area contributed by atoms with Crippen LogP contribution in [0, 0.1) is 0 Å². The molecular formula is C17H26N4O6S. The Kier molecular flexibility index (Phi) is 6.63. The molecule has 2 atom stereocenters. The van der Waals surface area contributed by atoms with E-state index in [4.69, 9.17) is 9.94 Å². The lowest BCUT2D eigenvalue weighted by Crippen LogP contribution is -2.67. The number of nitrogens with zero attached hydrogens (tertiary/aromatic N) is 2. The van der Waals surface area contributed by atoms with Gasteiger partial charge in [-0.3, -0.25) is 15.0 Å². The Morgan fingerprint density at radius 1 is 1.36 bits per heavy atom. The van der Waals surface area contributed by atoms with Crippen LogP contribution in [-0.2, 0) is 26.2 Å². The van der Waals surface area contributed by atoms with Crippen LogP contribution in [0.15, 0.2) is 24.4 Å². The number of sulfonamides is 1. The summed E-state index contributed by atoms with van der Waals surface area (Å²) in [5.74, 6) is -1.12. The zero-order valence-electron chi connectivity index (χ0n) is 15.5. The molecule has 3 heterocycles. The second-order valence-electron chi connectivity index (χ2n) is 7.09. The summed E-state index contributed by atoms with van der Waals surface area (Å²) < 4.78 is 33.3. The third kappa shape index (κ3) is 4.34. The number of aliphatic hydroxyl groups is 1. The molecule has 3 rings (SSSR count). The molecule has 0 radical (unpaired) electrons. The predicted octanol–water partition coefficient (Wildman–Crippen LogP) is -1.01. The minimum Gasteiger partial charge on any atom is -0.377 e. The van der Waals surface area contributed by atoms with Gasteiger partial charge in [0.15, 0.2) is 5.60 Å². The van der Waals surface area contributed by atoms with Crippen molar-refractivity contribution >= 4 is 15.9 Å². The van der Waals surface area contributed by atoms with Crippen molar-refractivity contribution in [3.63, 3.8) is 0 Å². The van der Waals surface area contributed by atoms with Gasteiger partial charge in [0.05, 0.1) is 18.4 Å². The van der Waals surface area contributed by atoms with E-state index in [0.717, 1.165) is 5.69 Å². The number of rotatable bonds is 6. The number of amides is 1. The number of piperidine rings is 2. The molecule has 2 aliphatic rings. The zero-order chi connectivity index (χ0) is 20.2. The molecule has 0 aliphatic carbocycles. The Balaban J connectivity index is 1.61. The molecule has 1 aromatic rings. The van der Waals surface area contributed by atoms with Gasteiger partial charge in [0.2, 0.25) is 10.0 Å². The van der Waals surface area contributed by atoms with Crippen molar-refractivity contribution in [2.75, 3.05) is 26.2 Å². The van der Waals surface area contributed by atoms with Crippen molar-refractivity contribution in [2.24, 2.45) is 0 Å². The maximum absolute atomic E-state index is 13.1. The van der Waals surface area contributed by atoms with Gasteiger partial charge in [0.25, 0.3) is 5.91 Å². The molecular weight excluding hydrogens is 388 g/mol. The summed E-state index contributed by atoms with van der Waals surface area (Å²) in [7, 11) is -3.93. The van der Waals surface area contributed by atoms with E-state index >= 15 is 0 Å². The van der Waals surface area contributed by atoms with Crippen LogP contribution in [0.3, 0.4) is 0 Å². The lowest BCUT2D eigenvalue weighted by molar-refractivity contribution is -0.150. The van der Waals surface area contributed by atoms with Crippen LogP contribution >= 0.6 is 0 Å². The maximum Gasteiger partial charge on any atom is 0.278 e. The van der Waals surface area contributed by atoms with E-state index < -0.39 is 26.8 Å². The summed E-state index contributed by atoms with van der Waals surface area (Å²) in [6, 6.07) is 5.57. The van der Waals surface area contributed by atoms with Crippen molar-refractivity contribution in [1.29, 1.82) is 0 Å². The summed E-state index contributed by atoms with van der Waals surface area (Å²) in [6.45, 7) is 0.969. The number of nitrogens with one attached hydrogen (secondary N) is 2. The average Bonchev–Trinajstić information content (AvgIpc) is 2.73. The molecule has 1 aromatic heterocycles. The summed E-state index contributed by atoms with van der Waals surface area (Å²) in [5.41, 5.74) is -0.0300. The standard InChI is InChI=1S/C17H26N4O6S/c22-16(20-24)17(23)12-18-8-4-15(17)28(25,26)21-9-5-14(6-10-21)27-11-13-3-1-2-7-19-13/h1-3,7,14-15,18,23-24H,4-6,8-12H2,(H,20,22). The Morgan fingerprint density at radius 3 is 2.75 bits per heavy atom. The van der Waals surface area contributed by atoms with Crippen molar-refractivity contribution in [1.82, 2.24) is 20.1 Å². The molecule has 0 aromatic carbocycles. The Bertz CT molecular complexity index is 769. The van der Waals surface area contributed by atoms with E-state index in [9.17, 15) is 18.3 Å². The minimum absolute atomic E-state index is 0.0718. The first-order chi connectivity index (χ1) is 13.4. The first-order valence-electron chi connectivity index (χ1n) is 9.26. The van der Waals surface area contributed by atoms with E-state index in [1.54, 1.807) is 6.20 Å². The summed E-state index contributed by atoms with van der Waals surface area (Å²) in [6.07, 6.45) is 2.71. The number of pyridine rings is 1. The Morgan fingerprint density at radius 2 is 2.11 bits per heavy atom. The summed E-state index contributed by atoms with van der Waals surface area (Å²) in [4.78, 5) is 16.1. The van der Waals surface area contributed by atoms with Gasteiger partial charge in [-0.15, -0.1) is 0 Å². The molecule has 10 nitrogen and oxygen atoms in total. The Labute approximate surface area is 163 Å². The molecule has 0 saturated carbocycles. The van der Waals surface area contributed by atoms with E-state index in [2.05, 4.69) is 10.3 Å². The van der Waals surface area contributed by atoms with Gasteiger partial charge in [-0.2, -0.15) is 0 Å². The second kappa shape index (κ2) is 8.80. The second-order valence-corrected chi connectivity index (χ2v) is 9.21. The van der Waals surface area contributed by atoms with Gasteiger partial charge < -0.3 is 15.2 Å². The fourth-order valence-electron chi connectivity index (χ4n) is 3.70. The smallest absolute Gasteiger partial charge is 0.278 e. The topological polar surface area (TPSA) is 141 Å². The van der Waals surface area contributed by atoms with Crippen LogP contribution < -0.4 is 10.8 Å². The van der Waals surface area contributed by atoms with Crippen LogP contribution in [0.4, 0.5) is 0 Å². The van der Waals surface area contributed by atoms with Crippen LogP contribution in [0.25, 0.3) is 0 Å². The first kappa shape index (κ1) is 21.1. The number of carbonyl (C=O) groups excluding carboxylic acids is 1. The lowest BCUT2D eigenvalue weighted by Gasteiger charge is -2.41. The number of hydrogen-bond donors (Lipinski definition) is 4. The summed E-state index contributed by atoms with van der Waals surface area (Å²) in [5, 5.41) is 21.1. The molecule has 156 valence electrons. The normalized spacial score (nSPS) is 27.4. The van der Waals surface area contributed by atoms with Gasteiger partial charge >= 0.3 is 0 Å². The van der Waals surface area contributed by atoms with Gasteiger partial charge in [0, 0.05) is 25.8 Å². The predicted molar refractivity (Wildman–Crippen MR) is 98.7 cm³/mol. The minimum atomic E-state index is -3.93. The maximum atomic E-state index is 13.1. The largest absolute Gasteiger partial charge is 0.377 e. The summed E-state index contributed by atoms with van der Waals surface area (Å²) >= 11 is 0. The number of carbonyl (C=O) groups is 1. The van der Waals surface area contributed by atoms with Gasteiger partial charge in [-0.25, -0.2) is 18.2 Å². The van der Waals surface area contributed by atoms with E-state index in [0.29, 0.717) is 26.0 Å². The zero-order valence-corrected chi connectivity index (χ0v) is 16.3. The van der Waals surface area contributed by atoms with Crippen molar-refractivity contribution in [3.05, 3.63) is 30.1 Å². The Hall–Kier alpha value is -1.63. The molecule has 4 N–H and O–H groups in total. The van der Waals surface area contributed by atoms with Crippen LogP contribution in [0.2, 0.25) is 0 Å². The highest BCUT2D eigenvalue weighted by atomic mass is 32.2. The number of ether oxygens (including phenoxy) is 1. The van der Waals surface area contributed by atoms with Crippen molar-refractivity contribution in [3.8, 4) is 0 Å². The van der Waals surface area contributed by atoms with Crippen molar-refractivity contribution < 1.29 is 28.3 Å². The van der Waals surface area contributed by atoms with Crippen LogP contribution in [-0.4, -0.2) is 77.1 Å². The average molecular weight is 414 g/mol. The van der Waals surface area contributed by atoms with E-state index in [-0.39, 0.29) is 32.2 Å². The fourth-order valence-corrected chi connectivity index (χ4v) is 5.88. The molecule has 11 heteroatoms. The molecule has 1 amide bonds. The molecule has 28 heavy (non-hydrogen) atoms. The highest BCUT2D eigenvalue weighted by molar-refractivity contribution is 7.89. The molecule has 2 saturated heterocycles. The highest BCUT2D eigenvalue weighted by Gasteiger charge is 2.53. The van der Waals surface area contributed by atoms with Gasteiger partial charge in [-0.1, -0.05) is 6.07 Å². The van der Waals surface area contributed by atoms with Crippen LogP contribution in [0.1, 0.15) is 25.0 Å². The van der Waals surface area contributed by atoms with Crippen LogP contribution in [0.5, 0.6) is 0 Å². The van der Waals surface area contributed by atoms with E-state index in [1.165, 1.54) is 9.79 Å². The highest BCUT2D eigenvalue weighted by Crippen LogP contribution is 2.29. The molecule has 2 unspecified atom stereocenters. The molecule has 0 bridgehead atoms. The SMILES string of the molecule is O=C(NO)C1(O)CNCCC1S(=O)(=O)N1CCC(OCc2ccccn2)CC1. The van der Waals surface area contributed by atoms with Gasteiger partial charge in [0.1, 0.15) is 5.25 Å². The van der Waals surface area contributed by atoms with Crippen molar-refractivity contribution in [2.45, 2.75) is 42.8 Å². The molecule has 2 aliphatic heterocycles. The number of β-amino-alcohol motifs (C(OH)–C–C–N with tert-alkyl or cyclic N) is 1. The molecule has 0 spiro atoms. The lowest BCUT2D eigenvalue weighted by atomic mass is 9.93. The number of hydrogen-bond acceptors (Lipinski definition) is 8. The number of aromatic nitrogens is 1. The third-order valence-corrected chi connectivity index (χ3v) is 7.75. The quantitative estimate of drug-likeness (QED) is 0.343. The van der Waals surface area contributed by atoms with Gasteiger partial charge in [-0.05, 0) is 37.9 Å². The number of hydroxylamine groups is 1. The fraction of sp³-hybridized carbons (Fsp3) is 0.647. The first-order valence-corrected chi connectivity index (χ1v) is 10.8. The monoisotopic (exact) mass is 414 g/mol. The van der Waals surface area contributed by atoms with E-state index in [1.807, 2.05) is 18.2 Å². The molecule has 2 fully saturated rings.